The summed E-state index contributed by atoms with van der Waals surface area (Å²) < 4.78 is 5.26. The number of benzene rings is 1. The predicted octanol–water partition coefficient (Wildman–Crippen LogP) is -0.765. The maximum atomic E-state index is 11.7. The van der Waals surface area contributed by atoms with Gasteiger partial charge in [0.15, 0.2) is 18.0 Å². The third-order valence-corrected chi connectivity index (χ3v) is 4.04. The maximum absolute atomic E-state index is 11.7. The predicted molar refractivity (Wildman–Crippen MR) is 70.3 cm³/mol. The van der Waals surface area contributed by atoms with Crippen molar-refractivity contribution < 1.29 is 33.5 Å². The summed E-state index contributed by atoms with van der Waals surface area (Å²) in [6.45, 7) is 0. The van der Waals surface area contributed by atoms with Crippen molar-refractivity contribution in [2.45, 2.75) is 11.0 Å². The molecule has 0 saturated carbocycles. The van der Waals surface area contributed by atoms with E-state index < -0.39 is 16.4 Å². The van der Waals surface area contributed by atoms with Gasteiger partial charge in [0, 0.05) is 5.56 Å². The smallest absolute Gasteiger partial charge is 0.239 e. The van der Waals surface area contributed by atoms with Crippen LogP contribution in [0.15, 0.2) is 24.3 Å². The van der Waals surface area contributed by atoms with E-state index in [0.29, 0.717) is 0 Å². The first-order chi connectivity index (χ1) is 10.6. The molecule has 0 bridgehead atoms. The minimum Gasteiger partial charge on any atom is -0.470 e. The van der Waals surface area contributed by atoms with Gasteiger partial charge in [-0.25, -0.2) is 0 Å². The van der Waals surface area contributed by atoms with Crippen LogP contribution in [0, 0.1) is 5.41 Å². The SMILES string of the molecule is O=CC1(C=O)Oc2ccccc2C(C=O)(C=O)C1(C=O)C=O. The van der Waals surface area contributed by atoms with Crippen LogP contribution in [0.3, 0.4) is 0 Å². The van der Waals surface area contributed by atoms with Crippen molar-refractivity contribution in [3.63, 3.8) is 0 Å². The molecule has 0 aromatic heterocycles. The Bertz CT molecular complexity index is 652. The summed E-state index contributed by atoms with van der Waals surface area (Å²) >= 11 is 0. The van der Waals surface area contributed by atoms with E-state index in [4.69, 9.17) is 4.74 Å². The van der Waals surface area contributed by atoms with Gasteiger partial charge in [0.25, 0.3) is 0 Å². The van der Waals surface area contributed by atoms with Gasteiger partial charge in [-0.15, -0.1) is 0 Å². The van der Waals surface area contributed by atoms with E-state index in [-0.39, 0.29) is 49.0 Å². The molecule has 0 unspecified atom stereocenters. The lowest BCUT2D eigenvalue weighted by atomic mass is 9.54. The quantitative estimate of drug-likeness (QED) is 0.501. The van der Waals surface area contributed by atoms with Gasteiger partial charge in [-0.3, -0.25) is 9.59 Å². The largest absolute Gasteiger partial charge is 0.470 e. The Morgan fingerprint density at radius 3 is 1.73 bits per heavy atom. The lowest BCUT2D eigenvalue weighted by molar-refractivity contribution is -0.167. The number of hydrogen-bond donors (Lipinski definition) is 0. The molecular weight excluding hydrogens is 292 g/mol. The van der Waals surface area contributed by atoms with Gasteiger partial charge in [-0.05, 0) is 6.07 Å². The van der Waals surface area contributed by atoms with Crippen LogP contribution in [0.1, 0.15) is 5.56 Å². The molecule has 1 heterocycles. The Labute approximate surface area is 124 Å². The molecule has 22 heavy (non-hydrogen) atoms. The molecule has 7 nitrogen and oxygen atoms in total. The zero-order valence-electron chi connectivity index (χ0n) is 11.1. The van der Waals surface area contributed by atoms with Gasteiger partial charge in [-0.2, -0.15) is 0 Å². The zero-order chi connectivity index (χ0) is 16.4. The van der Waals surface area contributed by atoms with Crippen molar-refractivity contribution in [3.8, 4) is 5.75 Å². The average molecular weight is 302 g/mol. The molecule has 0 spiro atoms. The standard InChI is InChI=1S/C15H10O7/c16-5-13(6-17)11-3-1-2-4-12(11)22-15(9-20,10-21)14(13,7-18)8-19/h1-10H. The van der Waals surface area contributed by atoms with Crippen LogP contribution in [0.4, 0.5) is 0 Å². The second-order valence-electron chi connectivity index (χ2n) is 4.84. The average Bonchev–Trinajstić information content (AvgIpc) is 2.59. The number of para-hydroxylation sites is 1. The van der Waals surface area contributed by atoms with E-state index in [1.807, 2.05) is 0 Å². The highest BCUT2D eigenvalue weighted by Crippen LogP contribution is 2.52. The van der Waals surface area contributed by atoms with Crippen molar-refractivity contribution in [1.82, 2.24) is 0 Å². The fourth-order valence-electron chi connectivity index (χ4n) is 2.74. The highest BCUT2D eigenvalue weighted by Gasteiger charge is 2.71. The van der Waals surface area contributed by atoms with E-state index in [9.17, 15) is 28.8 Å². The topological polar surface area (TPSA) is 112 Å². The van der Waals surface area contributed by atoms with Crippen LogP contribution in [0.25, 0.3) is 0 Å². The molecule has 1 aromatic rings. The van der Waals surface area contributed by atoms with E-state index in [1.165, 1.54) is 24.3 Å². The van der Waals surface area contributed by atoms with Crippen LogP contribution in [0.5, 0.6) is 5.75 Å². The van der Waals surface area contributed by atoms with Crippen molar-refractivity contribution in [2.75, 3.05) is 0 Å². The van der Waals surface area contributed by atoms with Gasteiger partial charge >= 0.3 is 0 Å². The minimum atomic E-state index is -2.62. The number of hydrogen-bond acceptors (Lipinski definition) is 7. The first kappa shape index (κ1) is 15.4. The van der Waals surface area contributed by atoms with E-state index in [0.717, 1.165) is 0 Å². The summed E-state index contributed by atoms with van der Waals surface area (Å²) in [6.07, 6.45) is -0.0954. The number of carbonyl (C=O) groups excluding carboxylic acids is 6. The van der Waals surface area contributed by atoms with Crippen molar-refractivity contribution in [3.05, 3.63) is 29.8 Å². The Morgan fingerprint density at radius 1 is 0.727 bits per heavy atom. The van der Waals surface area contributed by atoms with Crippen molar-refractivity contribution in [2.24, 2.45) is 5.41 Å². The molecule has 0 fully saturated rings. The van der Waals surface area contributed by atoms with E-state index >= 15 is 0 Å². The Hall–Kier alpha value is -2.96. The summed E-state index contributed by atoms with van der Waals surface area (Å²) in [5, 5.41) is 0. The molecule has 0 N–H and O–H groups in total. The van der Waals surface area contributed by atoms with Crippen molar-refractivity contribution in [1.29, 1.82) is 0 Å². The molecule has 1 aliphatic rings. The summed E-state index contributed by atoms with van der Waals surface area (Å²) in [4.78, 5) is 69.6. The Morgan fingerprint density at radius 2 is 1.27 bits per heavy atom. The Kier molecular flexibility index (Phi) is 3.58. The molecule has 1 aliphatic heterocycles. The van der Waals surface area contributed by atoms with Gasteiger partial charge in [-0.1, -0.05) is 18.2 Å². The number of carbonyl (C=O) groups is 6. The van der Waals surface area contributed by atoms with E-state index in [2.05, 4.69) is 0 Å². The highest BCUT2D eigenvalue weighted by atomic mass is 16.5. The molecule has 1 aromatic carbocycles. The fourth-order valence-corrected chi connectivity index (χ4v) is 2.74. The number of aldehydes is 6. The molecule has 0 saturated heterocycles. The van der Waals surface area contributed by atoms with Gasteiger partial charge in [0.2, 0.25) is 5.60 Å². The number of rotatable bonds is 6. The van der Waals surface area contributed by atoms with Gasteiger partial charge in [0.05, 0.1) is 0 Å². The second-order valence-corrected chi connectivity index (χ2v) is 4.84. The normalized spacial score (nSPS) is 19.6. The Balaban J connectivity index is 3.04. The molecule has 112 valence electrons. The molecule has 2 rings (SSSR count). The minimum absolute atomic E-state index is 0.0551. The van der Waals surface area contributed by atoms with Crippen LogP contribution in [-0.2, 0) is 34.2 Å². The third-order valence-electron chi connectivity index (χ3n) is 4.04. The molecule has 7 heteroatoms. The third kappa shape index (κ3) is 1.45. The second kappa shape index (κ2) is 5.10. The van der Waals surface area contributed by atoms with Crippen LogP contribution in [0.2, 0.25) is 0 Å². The first-order valence-corrected chi connectivity index (χ1v) is 6.13. The lowest BCUT2D eigenvalue weighted by Gasteiger charge is -2.48. The van der Waals surface area contributed by atoms with Gasteiger partial charge < -0.3 is 23.9 Å². The molecule has 0 amide bonds. The number of fused-ring (bicyclic) bond motifs is 1. The van der Waals surface area contributed by atoms with Crippen LogP contribution in [-0.4, -0.2) is 43.3 Å². The van der Waals surface area contributed by atoms with E-state index in [1.54, 1.807) is 0 Å². The van der Waals surface area contributed by atoms with Crippen LogP contribution < -0.4 is 4.74 Å². The summed E-state index contributed by atoms with van der Waals surface area (Å²) in [7, 11) is 0. The molecular formula is C15H10O7. The monoisotopic (exact) mass is 302 g/mol. The summed E-state index contributed by atoms with van der Waals surface area (Å²) in [5.41, 5.74) is -7.64. The summed E-state index contributed by atoms with van der Waals surface area (Å²) in [5.74, 6) is -0.111. The highest BCUT2D eigenvalue weighted by molar-refractivity contribution is 6.14. The zero-order valence-corrected chi connectivity index (χ0v) is 11.1. The van der Waals surface area contributed by atoms with Crippen LogP contribution >= 0.6 is 0 Å². The van der Waals surface area contributed by atoms with Crippen molar-refractivity contribution >= 4 is 37.7 Å². The summed E-state index contributed by atoms with van der Waals surface area (Å²) in [6, 6.07) is 5.56. The number of ether oxygens (including phenoxy) is 1. The molecule has 0 aliphatic carbocycles. The first-order valence-electron chi connectivity index (χ1n) is 6.13. The lowest BCUT2D eigenvalue weighted by Crippen LogP contribution is -2.70. The fraction of sp³-hybridized carbons (Fsp3) is 0.200. The van der Waals surface area contributed by atoms with Gasteiger partial charge in [0.1, 0.15) is 36.3 Å². The maximum Gasteiger partial charge on any atom is 0.239 e. The molecule has 0 atom stereocenters. The molecule has 0 radical (unpaired) electrons.